The second-order valence-corrected chi connectivity index (χ2v) is 6.33. The molecule has 0 aromatic rings. The molecule has 4 atom stereocenters. The van der Waals surface area contributed by atoms with Gasteiger partial charge in [-0.05, 0) is 19.3 Å². The van der Waals surface area contributed by atoms with Gasteiger partial charge in [-0.25, -0.2) is 0 Å². The normalized spacial score (nSPS) is 33.4. The zero-order valence-corrected chi connectivity index (χ0v) is 12.5. The quantitative estimate of drug-likeness (QED) is 0.786. The van der Waals surface area contributed by atoms with Crippen molar-refractivity contribution in [2.24, 2.45) is 17.1 Å². The zero-order valence-electron chi connectivity index (χ0n) is 12.5. The van der Waals surface area contributed by atoms with Gasteiger partial charge in [0.2, 0.25) is 5.91 Å². The Labute approximate surface area is 111 Å². The number of nitrogens with one attached hydrogen (secondary N) is 1. The summed E-state index contributed by atoms with van der Waals surface area (Å²) < 4.78 is 5.55. The molecule has 18 heavy (non-hydrogen) atoms. The Morgan fingerprint density at radius 2 is 2.06 bits per heavy atom. The predicted octanol–water partition coefficient (Wildman–Crippen LogP) is 1.68. The SMILES string of the molecule is CCC(C)C(N)C(=O)NC1CC(C)(OC)C1(C)C. The Bertz CT molecular complexity index is 317. The van der Waals surface area contributed by atoms with Crippen molar-refractivity contribution < 1.29 is 9.53 Å². The Kier molecular flexibility index (Phi) is 4.44. The molecule has 1 fully saturated rings. The molecule has 0 spiro atoms. The number of amides is 1. The van der Waals surface area contributed by atoms with Crippen molar-refractivity contribution >= 4 is 5.91 Å². The monoisotopic (exact) mass is 256 g/mol. The Morgan fingerprint density at radius 1 is 1.50 bits per heavy atom. The summed E-state index contributed by atoms with van der Waals surface area (Å²) in [6.07, 6.45) is 1.76. The van der Waals surface area contributed by atoms with Crippen LogP contribution in [0.3, 0.4) is 0 Å². The van der Waals surface area contributed by atoms with Gasteiger partial charge in [0.15, 0.2) is 0 Å². The first-order valence-electron chi connectivity index (χ1n) is 6.80. The van der Waals surface area contributed by atoms with Crippen LogP contribution in [0, 0.1) is 11.3 Å². The molecule has 1 amide bonds. The molecule has 106 valence electrons. The summed E-state index contributed by atoms with van der Waals surface area (Å²) in [5, 5.41) is 3.07. The molecule has 0 aromatic heterocycles. The van der Waals surface area contributed by atoms with E-state index in [0.717, 1.165) is 12.8 Å². The molecule has 0 aromatic carbocycles. The maximum atomic E-state index is 12.1. The van der Waals surface area contributed by atoms with Gasteiger partial charge < -0.3 is 15.8 Å². The van der Waals surface area contributed by atoms with Gasteiger partial charge in [-0.15, -0.1) is 0 Å². The number of ether oxygens (including phenoxy) is 1. The third kappa shape index (κ3) is 2.41. The molecule has 0 bridgehead atoms. The summed E-state index contributed by atoms with van der Waals surface area (Å²) in [5.74, 6) is 0.169. The molecule has 1 saturated carbocycles. The van der Waals surface area contributed by atoms with Crippen molar-refractivity contribution in [3.63, 3.8) is 0 Å². The fourth-order valence-corrected chi connectivity index (χ4v) is 2.50. The molecule has 0 saturated heterocycles. The van der Waals surface area contributed by atoms with Crippen LogP contribution < -0.4 is 11.1 Å². The van der Waals surface area contributed by atoms with Gasteiger partial charge in [-0.2, -0.15) is 0 Å². The first-order valence-corrected chi connectivity index (χ1v) is 6.80. The third-order valence-electron chi connectivity index (χ3n) is 5.15. The van der Waals surface area contributed by atoms with Crippen molar-refractivity contribution in [3.8, 4) is 0 Å². The highest BCUT2D eigenvalue weighted by atomic mass is 16.5. The highest BCUT2D eigenvalue weighted by Crippen LogP contribution is 2.51. The Morgan fingerprint density at radius 3 is 2.44 bits per heavy atom. The first-order chi connectivity index (χ1) is 8.19. The molecular formula is C14H28N2O2. The lowest BCUT2D eigenvalue weighted by molar-refractivity contribution is -0.182. The van der Waals surface area contributed by atoms with E-state index >= 15 is 0 Å². The van der Waals surface area contributed by atoms with Crippen LogP contribution in [0.1, 0.15) is 47.5 Å². The van der Waals surface area contributed by atoms with E-state index in [0.29, 0.717) is 0 Å². The standard InChI is InChI=1S/C14H28N2O2/c1-7-9(2)11(15)12(17)16-10-8-14(5,18-6)13(10,3)4/h9-11H,7-8,15H2,1-6H3,(H,16,17). The minimum absolute atomic E-state index is 0.0411. The third-order valence-corrected chi connectivity index (χ3v) is 5.15. The van der Waals surface area contributed by atoms with Crippen LogP contribution in [0.2, 0.25) is 0 Å². The van der Waals surface area contributed by atoms with Crippen LogP contribution in [0.15, 0.2) is 0 Å². The van der Waals surface area contributed by atoms with E-state index in [1.807, 2.05) is 13.8 Å². The van der Waals surface area contributed by atoms with Crippen molar-refractivity contribution in [3.05, 3.63) is 0 Å². The highest BCUT2D eigenvalue weighted by Gasteiger charge is 2.58. The smallest absolute Gasteiger partial charge is 0.237 e. The summed E-state index contributed by atoms with van der Waals surface area (Å²) in [4.78, 5) is 12.1. The van der Waals surface area contributed by atoms with Crippen molar-refractivity contribution in [1.82, 2.24) is 5.32 Å². The first kappa shape index (κ1) is 15.4. The van der Waals surface area contributed by atoms with Crippen molar-refractivity contribution in [1.29, 1.82) is 0 Å². The van der Waals surface area contributed by atoms with Crippen molar-refractivity contribution in [2.45, 2.75) is 65.1 Å². The van der Waals surface area contributed by atoms with E-state index in [1.165, 1.54) is 0 Å². The van der Waals surface area contributed by atoms with Gasteiger partial charge in [0, 0.05) is 18.6 Å². The van der Waals surface area contributed by atoms with E-state index in [-0.39, 0.29) is 28.9 Å². The summed E-state index contributed by atoms with van der Waals surface area (Å²) in [6, 6.07) is -0.273. The molecule has 0 heterocycles. The molecule has 1 rings (SSSR count). The Balaban J connectivity index is 2.59. The van der Waals surface area contributed by atoms with E-state index < -0.39 is 6.04 Å². The lowest BCUT2D eigenvalue weighted by Crippen LogP contribution is -2.69. The Hall–Kier alpha value is -0.610. The number of rotatable bonds is 5. The minimum Gasteiger partial charge on any atom is -0.378 e. The number of methoxy groups -OCH3 is 1. The highest BCUT2D eigenvalue weighted by molar-refractivity contribution is 5.82. The van der Waals surface area contributed by atoms with Crippen LogP contribution in [0.25, 0.3) is 0 Å². The van der Waals surface area contributed by atoms with E-state index in [9.17, 15) is 4.79 Å². The number of nitrogens with two attached hydrogens (primary N) is 1. The van der Waals surface area contributed by atoms with Gasteiger partial charge in [-0.3, -0.25) is 4.79 Å². The fraction of sp³-hybridized carbons (Fsp3) is 0.929. The summed E-state index contributed by atoms with van der Waals surface area (Å²) in [7, 11) is 1.73. The van der Waals surface area contributed by atoms with Crippen LogP contribution in [0.4, 0.5) is 0 Å². The van der Waals surface area contributed by atoms with E-state index in [2.05, 4.69) is 26.1 Å². The van der Waals surface area contributed by atoms with E-state index in [4.69, 9.17) is 10.5 Å². The van der Waals surface area contributed by atoms with Gasteiger partial charge >= 0.3 is 0 Å². The van der Waals surface area contributed by atoms with E-state index in [1.54, 1.807) is 7.11 Å². The molecule has 4 nitrogen and oxygen atoms in total. The number of hydrogen-bond donors (Lipinski definition) is 2. The van der Waals surface area contributed by atoms with Crippen LogP contribution >= 0.6 is 0 Å². The fourth-order valence-electron chi connectivity index (χ4n) is 2.50. The molecule has 3 N–H and O–H groups in total. The summed E-state index contributed by atoms with van der Waals surface area (Å²) in [6.45, 7) is 10.4. The number of carbonyl (C=O) groups is 1. The molecular weight excluding hydrogens is 228 g/mol. The molecule has 4 heteroatoms. The summed E-state index contributed by atoms with van der Waals surface area (Å²) in [5.41, 5.74) is 5.72. The van der Waals surface area contributed by atoms with Gasteiger partial charge in [0.25, 0.3) is 0 Å². The average Bonchev–Trinajstić information content (AvgIpc) is 2.35. The number of carbonyl (C=O) groups excluding carboxylic acids is 1. The molecule has 0 radical (unpaired) electrons. The lowest BCUT2D eigenvalue weighted by Gasteiger charge is -2.59. The number of hydrogen-bond acceptors (Lipinski definition) is 3. The minimum atomic E-state index is -0.416. The molecule has 0 aliphatic heterocycles. The van der Waals surface area contributed by atoms with Gasteiger partial charge in [0.05, 0.1) is 11.6 Å². The lowest BCUT2D eigenvalue weighted by atomic mass is 9.55. The van der Waals surface area contributed by atoms with Crippen LogP contribution in [0.5, 0.6) is 0 Å². The van der Waals surface area contributed by atoms with Crippen LogP contribution in [-0.2, 0) is 9.53 Å². The van der Waals surface area contributed by atoms with Gasteiger partial charge in [-0.1, -0.05) is 34.1 Å². The predicted molar refractivity (Wildman–Crippen MR) is 73.2 cm³/mol. The van der Waals surface area contributed by atoms with Gasteiger partial charge in [0.1, 0.15) is 0 Å². The maximum Gasteiger partial charge on any atom is 0.237 e. The topological polar surface area (TPSA) is 64.4 Å². The largest absolute Gasteiger partial charge is 0.378 e. The molecule has 4 unspecified atom stereocenters. The van der Waals surface area contributed by atoms with Crippen LogP contribution in [-0.4, -0.2) is 30.7 Å². The van der Waals surface area contributed by atoms with Crippen molar-refractivity contribution in [2.75, 3.05) is 7.11 Å². The summed E-state index contributed by atoms with van der Waals surface area (Å²) >= 11 is 0. The second kappa shape index (κ2) is 5.17. The zero-order chi connectivity index (χ0) is 14.1. The molecule has 1 aliphatic carbocycles. The maximum absolute atomic E-state index is 12.1. The average molecular weight is 256 g/mol. The molecule has 1 aliphatic rings. The second-order valence-electron chi connectivity index (χ2n) is 6.33.